The Bertz CT molecular complexity index is 231. The van der Waals surface area contributed by atoms with Gasteiger partial charge in [0, 0.05) is 13.1 Å². The van der Waals surface area contributed by atoms with Crippen LogP contribution in [-0.4, -0.2) is 49.8 Å². The fourth-order valence-electron chi connectivity index (χ4n) is 3.45. The van der Waals surface area contributed by atoms with Crippen LogP contribution >= 0.6 is 0 Å². The smallest absolute Gasteiger partial charge is 0.0678 e. The highest BCUT2D eigenvalue weighted by atomic mass is 16.5. The minimum absolute atomic E-state index is 0.403. The van der Waals surface area contributed by atoms with Gasteiger partial charge in [0.1, 0.15) is 0 Å². The SMILES string of the molecule is CC(CCN1C[C@@H](C)O[C@@H](C)C1)C1CCCNC1. The molecule has 2 rings (SSSR count). The maximum absolute atomic E-state index is 5.79. The van der Waals surface area contributed by atoms with Gasteiger partial charge in [0.15, 0.2) is 0 Å². The summed E-state index contributed by atoms with van der Waals surface area (Å²) >= 11 is 0. The van der Waals surface area contributed by atoms with Crippen molar-refractivity contribution < 1.29 is 4.74 Å². The van der Waals surface area contributed by atoms with Crippen molar-refractivity contribution in [1.29, 1.82) is 0 Å². The highest BCUT2D eigenvalue weighted by Gasteiger charge is 2.24. The summed E-state index contributed by atoms with van der Waals surface area (Å²) in [6.07, 6.45) is 4.93. The van der Waals surface area contributed by atoms with Crippen molar-refractivity contribution >= 4 is 0 Å². The molecule has 0 bridgehead atoms. The number of hydrogen-bond donors (Lipinski definition) is 1. The fraction of sp³-hybridized carbons (Fsp3) is 1.00. The van der Waals surface area contributed by atoms with Crippen LogP contribution in [0.2, 0.25) is 0 Å². The van der Waals surface area contributed by atoms with Gasteiger partial charge in [-0.3, -0.25) is 4.90 Å². The summed E-state index contributed by atoms with van der Waals surface area (Å²) in [6.45, 7) is 12.7. The van der Waals surface area contributed by atoms with Crippen molar-refractivity contribution in [1.82, 2.24) is 10.2 Å². The minimum atomic E-state index is 0.403. The molecule has 0 saturated carbocycles. The van der Waals surface area contributed by atoms with Crippen molar-refractivity contribution in [2.75, 3.05) is 32.7 Å². The Balaban J connectivity index is 1.69. The molecule has 1 N–H and O–H groups in total. The van der Waals surface area contributed by atoms with Gasteiger partial charge in [-0.15, -0.1) is 0 Å². The van der Waals surface area contributed by atoms with E-state index in [4.69, 9.17) is 4.74 Å². The molecule has 0 aromatic carbocycles. The molecule has 3 heteroatoms. The number of ether oxygens (including phenoxy) is 1. The van der Waals surface area contributed by atoms with E-state index < -0.39 is 0 Å². The lowest BCUT2D eigenvalue weighted by Gasteiger charge is -2.36. The molecular formula is C15H30N2O. The Morgan fingerprint density at radius 1 is 1.28 bits per heavy atom. The summed E-state index contributed by atoms with van der Waals surface area (Å²) in [5.74, 6) is 1.75. The maximum Gasteiger partial charge on any atom is 0.0678 e. The molecule has 0 aliphatic carbocycles. The lowest BCUT2D eigenvalue weighted by atomic mass is 9.85. The van der Waals surface area contributed by atoms with E-state index in [2.05, 4.69) is 31.0 Å². The predicted molar refractivity (Wildman–Crippen MR) is 75.8 cm³/mol. The third kappa shape index (κ3) is 4.22. The zero-order chi connectivity index (χ0) is 13.0. The Morgan fingerprint density at radius 3 is 2.61 bits per heavy atom. The van der Waals surface area contributed by atoms with Gasteiger partial charge in [-0.05, 0) is 64.6 Å². The molecular weight excluding hydrogens is 224 g/mol. The lowest BCUT2D eigenvalue weighted by Crippen LogP contribution is -2.46. The summed E-state index contributed by atoms with van der Waals surface area (Å²) < 4.78 is 5.79. The van der Waals surface area contributed by atoms with Gasteiger partial charge in [-0.25, -0.2) is 0 Å². The van der Waals surface area contributed by atoms with E-state index in [1.54, 1.807) is 0 Å². The number of hydrogen-bond acceptors (Lipinski definition) is 3. The average Bonchev–Trinajstić information content (AvgIpc) is 2.36. The van der Waals surface area contributed by atoms with Crippen molar-refractivity contribution in [2.24, 2.45) is 11.8 Å². The first-order valence-electron chi connectivity index (χ1n) is 7.73. The van der Waals surface area contributed by atoms with Crippen LogP contribution < -0.4 is 5.32 Å². The third-order valence-corrected chi connectivity index (χ3v) is 4.54. The molecule has 0 aromatic rings. The van der Waals surface area contributed by atoms with Crippen LogP contribution in [0.25, 0.3) is 0 Å². The van der Waals surface area contributed by atoms with E-state index in [9.17, 15) is 0 Å². The molecule has 2 saturated heterocycles. The second-order valence-electron chi connectivity index (χ2n) is 6.39. The van der Waals surface area contributed by atoms with Gasteiger partial charge in [0.25, 0.3) is 0 Å². The summed E-state index contributed by atoms with van der Waals surface area (Å²) in [5, 5.41) is 3.53. The van der Waals surface area contributed by atoms with Gasteiger partial charge in [0.05, 0.1) is 12.2 Å². The number of piperidine rings is 1. The molecule has 18 heavy (non-hydrogen) atoms. The lowest BCUT2D eigenvalue weighted by molar-refractivity contribution is -0.0692. The maximum atomic E-state index is 5.79. The summed E-state index contributed by atoms with van der Waals surface area (Å²) in [7, 11) is 0. The number of rotatable bonds is 4. The Morgan fingerprint density at radius 2 is 2.00 bits per heavy atom. The normalized spacial score (nSPS) is 36.5. The monoisotopic (exact) mass is 254 g/mol. The van der Waals surface area contributed by atoms with E-state index >= 15 is 0 Å². The van der Waals surface area contributed by atoms with Crippen molar-refractivity contribution in [3.63, 3.8) is 0 Å². The molecule has 2 heterocycles. The predicted octanol–water partition coefficient (Wildman–Crippen LogP) is 2.12. The van der Waals surface area contributed by atoms with Crippen molar-refractivity contribution in [3.8, 4) is 0 Å². The van der Waals surface area contributed by atoms with Crippen LogP contribution in [0, 0.1) is 11.8 Å². The second kappa shape index (κ2) is 6.88. The van der Waals surface area contributed by atoms with E-state index in [0.29, 0.717) is 12.2 Å². The molecule has 0 amide bonds. The summed E-state index contributed by atoms with van der Waals surface area (Å²) in [4.78, 5) is 2.59. The first kappa shape index (κ1) is 14.3. The van der Waals surface area contributed by atoms with Crippen LogP contribution in [0.3, 0.4) is 0 Å². The molecule has 106 valence electrons. The molecule has 0 aromatic heterocycles. The zero-order valence-corrected chi connectivity index (χ0v) is 12.3. The Hall–Kier alpha value is -0.120. The van der Waals surface area contributed by atoms with E-state index in [1.807, 2.05) is 0 Å². The summed E-state index contributed by atoms with van der Waals surface area (Å²) in [5.41, 5.74) is 0. The molecule has 2 fully saturated rings. The van der Waals surface area contributed by atoms with Crippen LogP contribution in [0.1, 0.15) is 40.0 Å². The van der Waals surface area contributed by atoms with Crippen molar-refractivity contribution in [2.45, 2.75) is 52.2 Å². The van der Waals surface area contributed by atoms with Gasteiger partial charge in [-0.2, -0.15) is 0 Å². The van der Waals surface area contributed by atoms with Crippen molar-refractivity contribution in [3.05, 3.63) is 0 Å². The molecule has 4 atom stereocenters. The van der Waals surface area contributed by atoms with E-state index in [0.717, 1.165) is 24.9 Å². The van der Waals surface area contributed by atoms with Gasteiger partial charge >= 0.3 is 0 Å². The van der Waals surface area contributed by atoms with Gasteiger partial charge in [-0.1, -0.05) is 6.92 Å². The molecule has 3 nitrogen and oxygen atoms in total. The third-order valence-electron chi connectivity index (χ3n) is 4.54. The Labute approximate surface area is 112 Å². The number of nitrogens with one attached hydrogen (secondary N) is 1. The first-order chi connectivity index (χ1) is 8.65. The highest BCUT2D eigenvalue weighted by Crippen LogP contribution is 2.23. The summed E-state index contributed by atoms with van der Waals surface area (Å²) in [6, 6.07) is 0. The van der Waals surface area contributed by atoms with Crippen LogP contribution in [-0.2, 0) is 4.74 Å². The molecule has 2 aliphatic heterocycles. The topological polar surface area (TPSA) is 24.5 Å². The average molecular weight is 254 g/mol. The van der Waals surface area contributed by atoms with Gasteiger partial charge < -0.3 is 10.1 Å². The molecule has 0 spiro atoms. The van der Waals surface area contributed by atoms with Gasteiger partial charge in [0.2, 0.25) is 0 Å². The number of morpholine rings is 1. The Kier molecular flexibility index (Phi) is 5.46. The van der Waals surface area contributed by atoms with E-state index in [-0.39, 0.29) is 0 Å². The molecule has 2 aliphatic rings. The quantitative estimate of drug-likeness (QED) is 0.832. The molecule has 0 radical (unpaired) electrons. The van der Waals surface area contributed by atoms with Crippen LogP contribution in [0.15, 0.2) is 0 Å². The first-order valence-corrected chi connectivity index (χ1v) is 7.73. The standard InChI is InChI=1S/C15H30N2O/c1-12(15-5-4-7-16-9-15)6-8-17-10-13(2)18-14(3)11-17/h12-16H,4-11H2,1-3H3/t12?,13-,14+,15?. The largest absolute Gasteiger partial charge is 0.373 e. The molecule has 2 unspecified atom stereocenters. The second-order valence-corrected chi connectivity index (χ2v) is 6.39. The fourth-order valence-corrected chi connectivity index (χ4v) is 3.45. The van der Waals surface area contributed by atoms with Crippen LogP contribution in [0.5, 0.6) is 0 Å². The van der Waals surface area contributed by atoms with Crippen LogP contribution in [0.4, 0.5) is 0 Å². The van der Waals surface area contributed by atoms with E-state index in [1.165, 1.54) is 38.9 Å². The minimum Gasteiger partial charge on any atom is -0.373 e. The number of nitrogens with zero attached hydrogens (tertiary/aromatic N) is 1. The highest BCUT2D eigenvalue weighted by molar-refractivity contribution is 4.77. The zero-order valence-electron chi connectivity index (χ0n) is 12.3.